The van der Waals surface area contributed by atoms with Crippen LogP contribution >= 0.6 is 0 Å². The Morgan fingerprint density at radius 3 is 2.54 bits per heavy atom. The molecule has 1 aliphatic rings. The average molecular weight is 320 g/mol. The molecule has 0 N–H and O–H groups in total. The van der Waals surface area contributed by atoms with E-state index in [2.05, 4.69) is 14.9 Å². The van der Waals surface area contributed by atoms with E-state index in [1.54, 1.807) is 6.20 Å². The van der Waals surface area contributed by atoms with Crippen LogP contribution < -0.4 is 9.64 Å². The van der Waals surface area contributed by atoms with Gasteiger partial charge in [0.2, 0.25) is 5.88 Å². The summed E-state index contributed by atoms with van der Waals surface area (Å²) < 4.78 is 5.79. The van der Waals surface area contributed by atoms with E-state index in [4.69, 9.17) is 9.72 Å². The number of rotatable bonds is 4. The second-order valence-corrected chi connectivity index (χ2v) is 6.13. The first kappa shape index (κ1) is 14.9. The molecule has 1 saturated heterocycles. The van der Waals surface area contributed by atoms with E-state index >= 15 is 0 Å². The molecule has 0 spiro atoms. The molecule has 0 unspecified atom stereocenters. The first-order valence-electron chi connectivity index (χ1n) is 8.39. The van der Waals surface area contributed by atoms with Gasteiger partial charge in [-0.05, 0) is 37.0 Å². The second kappa shape index (κ2) is 6.83. The van der Waals surface area contributed by atoms with E-state index in [1.165, 1.54) is 0 Å². The molecule has 0 atom stereocenters. The van der Waals surface area contributed by atoms with Gasteiger partial charge < -0.3 is 9.64 Å². The molecular formula is C19H20N4O. The largest absolute Gasteiger partial charge is 0.477 e. The average Bonchev–Trinajstić information content (AvgIpc) is 2.67. The quantitative estimate of drug-likeness (QED) is 0.738. The molecule has 3 heterocycles. The molecule has 0 aliphatic carbocycles. The van der Waals surface area contributed by atoms with Gasteiger partial charge in [-0.25, -0.2) is 9.97 Å². The van der Waals surface area contributed by atoms with Gasteiger partial charge in [0.1, 0.15) is 5.82 Å². The number of hydrogen-bond donors (Lipinski definition) is 0. The molecule has 4 rings (SSSR count). The number of ether oxygens (including phenoxy) is 1. The number of anilines is 1. The van der Waals surface area contributed by atoms with Gasteiger partial charge >= 0.3 is 0 Å². The van der Waals surface area contributed by atoms with Crippen molar-refractivity contribution in [2.75, 3.05) is 24.6 Å². The number of para-hydroxylation sites is 2. The minimum Gasteiger partial charge on any atom is -0.477 e. The predicted molar refractivity (Wildman–Crippen MR) is 94.2 cm³/mol. The van der Waals surface area contributed by atoms with Crippen molar-refractivity contribution in [3.8, 4) is 5.88 Å². The number of piperidine rings is 1. The number of nitrogens with zero attached hydrogens (tertiary/aromatic N) is 4. The Labute approximate surface area is 141 Å². The van der Waals surface area contributed by atoms with Crippen molar-refractivity contribution < 1.29 is 4.74 Å². The van der Waals surface area contributed by atoms with Crippen LogP contribution in [0.1, 0.15) is 12.8 Å². The second-order valence-electron chi connectivity index (χ2n) is 6.13. The molecule has 122 valence electrons. The number of aromatic nitrogens is 3. The Bertz CT molecular complexity index is 801. The minimum absolute atomic E-state index is 0.566. The van der Waals surface area contributed by atoms with Gasteiger partial charge in [-0.2, -0.15) is 0 Å². The highest BCUT2D eigenvalue weighted by molar-refractivity contribution is 5.75. The highest BCUT2D eigenvalue weighted by Gasteiger charge is 2.21. The van der Waals surface area contributed by atoms with E-state index in [-0.39, 0.29) is 0 Å². The van der Waals surface area contributed by atoms with Gasteiger partial charge in [0, 0.05) is 25.4 Å². The Balaban J connectivity index is 1.35. The first-order chi connectivity index (χ1) is 11.9. The van der Waals surface area contributed by atoms with Crippen molar-refractivity contribution in [1.29, 1.82) is 0 Å². The lowest BCUT2D eigenvalue weighted by atomic mass is 9.98. The fourth-order valence-corrected chi connectivity index (χ4v) is 3.06. The third kappa shape index (κ3) is 3.30. The van der Waals surface area contributed by atoms with Gasteiger partial charge in [-0.1, -0.05) is 18.2 Å². The van der Waals surface area contributed by atoms with Crippen LogP contribution in [0.5, 0.6) is 5.88 Å². The molecule has 5 heteroatoms. The Morgan fingerprint density at radius 1 is 0.958 bits per heavy atom. The molecule has 0 saturated carbocycles. The molecule has 2 aromatic heterocycles. The van der Waals surface area contributed by atoms with Crippen molar-refractivity contribution >= 4 is 16.9 Å². The maximum absolute atomic E-state index is 5.79. The summed E-state index contributed by atoms with van der Waals surface area (Å²) >= 11 is 0. The normalized spacial score (nSPS) is 15.6. The van der Waals surface area contributed by atoms with Crippen LogP contribution in [0, 0.1) is 5.92 Å². The Morgan fingerprint density at radius 2 is 1.75 bits per heavy atom. The molecule has 1 fully saturated rings. The Hall–Kier alpha value is -2.69. The van der Waals surface area contributed by atoms with Crippen LogP contribution in [-0.2, 0) is 0 Å². The van der Waals surface area contributed by atoms with E-state index in [0.717, 1.165) is 49.4 Å². The summed E-state index contributed by atoms with van der Waals surface area (Å²) in [6, 6.07) is 13.7. The van der Waals surface area contributed by atoms with E-state index in [1.807, 2.05) is 48.7 Å². The third-order valence-electron chi connectivity index (χ3n) is 4.48. The van der Waals surface area contributed by atoms with Crippen LogP contribution in [0.3, 0.4) is 0 Å². The van der Waals surface area contributed by atoms with E-state index in [0.29, 0.717) is 11.8 Å². The van der Waals surface area contributed by atoms with Crippen LogP contribution in [-0.4, -0.2) is 34.6 Å². The van der Waals surface area contributed by atoms with Gasteiger partial charge in [0.05, 0.1) is 23.8 Å². The lowest BCUT2D eigenvalue weighted by Gasteiger charge is -2.32. The highest BCUT2D eigenvalue weighted by Crippen LogP contribution is 2.23. The van der Waals surface area contributed by atoms with E-state index < -0.39 is 0 Å². The molecule has 24 heavy (non-hydrogen) atoms. The van der Waals surface area contributed by atoms with Gasteiger partial charge in [0.25, 0.3) is 0 Å². The summed E-state index contributed by atoms with van der Waals surface area (Å²) in [5, 5.41) is 0. The first-order valence-corrected chi connectivity index (χ1v) is 8.39. The topological polar surface area (TPSA) is 51.1 Å². The summed E-state index contributed by atoms with van der Waals surface area (Å²) in [4.78, 5) is 15.8. The number of fused-ring (bicyclic) bond motifs is 1. The van der Waals surface area contributed by atoms with Crippen LogP contribution in [0.2, 0.25) is 0 Å². The van der Waals surface area contributed by atoms with Crippen molar-refractivity contribution in [3.05, 3.63) is 54.9 Å². The lowest BCUT2D eigenvalue weighted by molar-refractivity contribution is 0.216. The summed E-state index contributed by atoms with van der Waals surface area (Å²) in [7, 11) is 0. The fourth-order valence-electron chi connectivity index (χ4n) is 3.06. The zero-order valence-electron chi connectivity index (χ0n) is 13.5. The monoisotopic (exact) mass is 320 g/mol. The SMILES string of the molecule is c1ccc(OCC2CCN(c3cnc4ccccc4n3)CC2)nc1. The molecule has 0 radical (unpaired) electrons. The van der Waals surface area contributed by atoms with Crippen molar-refractivity contribution in [2.24, 2.45) is 5.92 Å². The maximum Gasteiger partial charge on any atom is 0.213 e. The molecule has 3 aromatic rings. The third-order valence-corrected chi connectivity index (χ3v) is 4.48. The van der Waals surface area contributed by atoms with Crippen LogP contribution in [0.4, 0.5) is 5.82 Å². The smallest absolute Gasteiger partial charge is 0.213 e. The summed E-state index contributed by atoms with van der Waals surface area (Å²) in [6.45, 7) is 2.71. The number of benzene rings is 1. The highest BCUT2D eigenvalue weighted by atomic mass is 16.5. The van der Waals surface area contributed by atoms with Gasteiger partial charge in [0.15, 0.2) is 0 Å². The molecule has 5 nitrogen and oxygen atoms in total. The fraction of sp³-hybridized carbons (Fsp3) is 0.316. The summed E-state index contributed by atoms with van der Waals surface area (Å²) in [6.07, 6.45) is 5.84. The van der Waals surface area contributed by atoms with E-state index in [9.17, 15) is 0 Å². The molecule has 1 aromatic carbocycles. The number of hydrogen-bond acceptors (Lipinski definition) is 5. The molecule has 0 bridgehead atoms. The summed E-state index contributed by atoms with van der Waals surface area (Å²) in [5.41, 5.74) is 1.90. The molecular weight excluding hydrogens is 300 g/mol. The van der Waals surface area contributed by atoms with Crippen molar-refractivity contribution in [1.82, 2.24) is 15.0 Å². The zero-order chi connectivity index (χ0) is 16.2. The summed E-state index contributed by atoms with van der Waals surface area (Å²) in [5.74, 6) is 2.25. The molecule has 0 amide bonds. The number of pyridine rings is 1. The maximum atomic E-state index is 5.79. The standard InChI is InChI=1S/C19H20N4O/c1-2-6-17-16(5-1)21-13-18(22-17)23-11-8-15(9-12-23)14-24-19-7-3-4-10-20-19/h1-7,10,13,15H,8-9,11-12,14H2. The van der Waals surface area contributed by atoms with Crippen molar-refractivity contribution in [2.45, 2.75) is 12.8 Å². The van der Waals surface area contributed by atoms with Gasteiger partial charge in [-0.3, -0.25) is 4.98 Å². The van der Waals surface area contributed by atoms with Crippen LogP contribution in [0.15, 0.2) is 54.9 Å². The van der Waals surface area contributed by atoms with Crippen LogP contribution in [0.25, 0.3) is 11.0 Å². The Kier molecular flexibility index (Phi) is 4.23. The van der Waals surface area contributed by atoms with Gasteiger partial charge in [-0.15, -0.1) is 0 Å². The lowest BCUT2D eigenvalue weighted by Crippen LogP contribution is -2.36. The zero-order valence-corrected chi connectivity index (χ0v) is 13.5. The predicted octanol–water partition coefficient (Wildman–Crippen LogP) is 3.32. The molecule has 1 aliphatic heterocycles. The van der Waals surface area contributed by atoms with Crippen molar-refractivity contribution in [3.63, 3.8) is 0 Å². The minimum atomic E-state index is 0.566.